The third-order valence-corrected chi connectivity index (χ3v) is 5.42. The Hall–Kier alpha value is -3.67. The number of nitrogens with zero attached hydrogens (tertiary/aromatic N) is 2. The number of hydrogen-bond acceptors (Lipinski definition) is 5. The summed E-state index contributed by atoms with van der Waals surface area (Å²) in [6, 6.07) is 13.1. The molecule has 0 bridgehead atoms. The number of anilines is 1. The number of carbonyl (C=O) groups excluding carboxylic acids is 1. The first kappa shape index (κ1) is 19.3. The molecule has 0 unspecified atom stereocenters. The van der Waals surface area contributed by atoms with Crippen LogP contribution < -0.4 is 10.1 Å². The van der Waals surface area contributed by atoms with Crippen molar-refractivity contribution < 1.29 is 13.9 Å². The van der Waals surface area contributed by atoms with Gasteiger partial charge in [0.2, 0.25) is 0 Å². The van der Waals surface area contributed by atoms with Gasteiger partial charge in [-0.05, 0) is 74.2 Å². The van der Waals surface area contributed by atoms with E-state index in [1.165, 1.54) is 0 Å². The van der Waals surface area contributed by atoms with Crippen molar-refractivity contribution in [1.29, 1.82) is 0 Å². The van der Waals surface area contributed by atoms with Gasteiger partial charge in [-0.3, -0.25) is 9.78 Å². The second kappa shape index (κ2) is 7.87. The molecule has 5 rings (SSSR count). The van der Waals surface area contributed by atoms with Crippen molar-refractivity contribution in [2.45, 2.75) is 39.2 Å². The number of carbonyl (C=O) groups is 1. The molecule has 1 aliphatic carbocycles. The Balaban J connectivity index is 1.31. The molecule has 1 saturated carbocycles. The van der Waals surface area contributed by atoms with Gasteiger partial charge in [0.25, 0.3) is 5.91 Å². The smallest absolute Gasteiger partial charge is 0.255 e. The third kappa shape index (κ3) is 4.14. The lowest BCUT2D eigenvalue weighted by Crippen LogP contribution is -2.13. The molecule has 0 radical (unpaired) electrons. The largest absolute Gasteiger partial charge is 0.488 e. The monoisotopic (exact) mass is 413 g/mol. The Morgan fingerprint density at radius 2 is 1.97 bits per heavy atom. The van der Waals surface area contributed by atoms with Crippen LogP contribution in [0.5, 0.6) is 5.75 Å². The fourth-order valence-corrected chi connectivity index (χ4v) is 3.68. The van der Waals surface area contributed by atoms with Gasteiger partial charge in [0.15, 0.2) is 11.5 Å². The van der Waals surface area contributed by atoms with E-state index in [2.05, 4.69) is 15.3 Å². The van der Waals surface area contributed by atoms with Gasteiger partial charge >= 0.3 is 0 Å². The Bertz CT molecular complexity index is 1240. The number of oxazole rings is 1. The fraction of sp³-hybridized carbons (Fsp3) is 0.240. The average molecular weight is 413 g/mol. The third-order valence-electron chi connectivity index (χ3n) is 5.42. The zero-order valence-electron chi connectivity index (χ0n) is 17.5. The number of ether oxygens (including phenoxy) is 1. The van der Waals surface area contributed by atoms with E-state index in [9.17, 15) is 4.79 Å². The maximum Gasteiger partial charge on any atom is 0.255 e. The van der Waals surface area contributed by atoms with Gasteiger partial charge in [-0.25, -0.2) is 4.98 Å². The molecule has 0 atom stereocenters. The van der Waals surface area contributed by atoms with Crippen LogP contribution in [0.2, 0.25) is 0 Å². The molecule has 6 nitrogen and oxygen atoms in total. The first-order valence-electron chi connectivity index (χ1n) is 10.4. The highest BCUT2D eigenvalue weighted by molar-refractivity contribution is 6.05. The van der Waals surface area contributed by atoms with Crippen LogP contribution in [0.25, 0.3) is 11.1 Å². The van der Waals surface area contributed by atoms with Gasteiger partial charge in [0, 0.05) is 35.1 Å². The molecule has 1 aliphatic rings. The maximum absolute atomic E-state index is 12.9. The molecule has 0 aliphatic heterocycles. The number of nitrogens with one attached hydrogen (secondary N) is 1. The zero-order chi connectivity index (χ0) is 21.4. The predicted molar refractivity (Wildman–Crippen MR) is 118 cm³/mol. The number of amides is 1. The molecule has 0 saturated heterocycles. The summed E-state index contributed by atoms with van der Waals surface area (Å²) in [6.45, 7) is 4.33. The predicted octanol–water partition coefficient (Wildman–Crippen LogP) is 5.55. The first-order chi connectivity index (χ1) is 15.1. The van der Waals surface area contributed by atoms with Gasteiger partial charge < -0.3 is 14.5 Å². The van der Waals surface area contributed by atoms with Gasteiger partial charge in [0.1, 0.15) is 17.9 Å². The Morgan fingerprint density at radius 1 is 1.16 bits per heavy atom. The summed E-state index contributed by atoms with van der Waals surface area (Å²) in [5.74, 6) is 1.87. The molecule has 1 fully saturated rings. The molecular formula is C25H23N3O3. The lowest BCUT2D eigenvalue weighted by molar-refractivity contribution is 0.102. The van der Waals surface area contributed by atoms with Crippen LogP contribution in [0, 0.1) is 13.8 Å². The number of aromatic nitrogens is 2. The number of benzene rings is 2. The molecule has 156 valence electrons. The normalized spacial score (nSPS) is 13.4. The molecular weight excluding hydrogens is 390 g/mol. The maximum atomic E-state index is 12.9. The highest BCUT2D eigenvalue weighted by Gasteiger charge is 2.28. The average Bonchev–Trinajstić information content (AvgIpc) is 3.53. The SMILES string of the molecule is Cc1cc(C(=O)Nc2ccc3oc(C4CC4)nc3c2)cc(C)c1OCc1cccnc1. The van der Waals surface area contributed by atoms with E-state index in [-0.39, 0.29) is 5.91 Å². The van der Waals surface area contributed by atoms with Crippen LogP contribution in [-0.2, 0) is 6.61 Å². The molecule has 31 heavy (non-hydrogen) atoms. The number of rotatable bonds is 6. The van der Waals surface area contributed by atoms with Gasteiger partial charge in [-0.2, -0.15) is 0 Å². The van der Waals surface area contributed by atoms with Crippen molar-refractivity contribution in [2.24, 2.45) is 0 Å². The van der Waals surface area contributed by atoms with Crippen molar-refractivity contribution in [2.75, 3.05) is 5.32 Å². The number of hydrogen-bond donors (Lipinski definition) is 1. The Labute approximate surface area is 180 Å². The molecule has 0 spiro atoms. The van der Waals surface area contributed by atoms with E-state index in [0.717, 1.165) is 52.3 Å². The van der Waals surface area contributed by atoms with Crippen molar-refractivity contribution in [3.63, 3.8) is 0 Å². The van der Waals surface area contributed by atoms with E-state index in [4.69, 9.17) is 9.15 Å². The number of aryl methyl sites for hydroxylation is 2. The Morgan fingerprint density at radius 3 is 2.68 bits per heavy atom. The minimum atomic E-state index is -0.171. The van der Waals surface area contributed by atoms with Crippen molar-refractivity contribution >= 4 is 22.7 Å². The van der Waals surface area contributed by atoms with Crippen LogP contribution in [0.15, 0.2) is 59.3 Å². The highest BCUT2D eigenvalue weighted by atomic mass is 16.5. The van der Waals surface area contributed by atoms with Crippen LogP contribution >= 0.6 is 0 Å². The van der Waals surface area contributed by atoms with Crippen molar-refractivity contribution in [3.05, 3.63) is 83.0 Å². The summed E-state index contributed by atoms with van der Waals surface area (Å²) in [7, 11) is 0. The van der Waals surface area contributed by atoms with E-state index in [0.29, 0.717) is 23.8 Å². The van der Waals surface area contributed by atoms with E-state index in [1.54, 1.807) is 12.4 Å². The summed E-state index contributed by atoms with van der Waals surface area (Å²) < 4.78 is 11.8. The molecule has 6 heteroatoms. The lowest BCUT2D eigenvalue weighted by Gasteiger charge is -2.14. The van der Waals surface area contributed by atoms with Gasteiger partial charge in [0.05, 0.1) is 0 Å². The minimum absolute atomic E-state index is 0.171. The van der Waals surface area contributed by atoms with E-state index >= 15 is 0 Å². The topological polar surface area (TPSA) is 77.2 Å². The standard InChI is InChI=1S/C25H23N3O3/c1-15-10-19(11-16(2)23(15)30-14-17-4-3-9-26-13-17)24(29)27-20-7-8-22-21(12-20)28-25(31-22)18-5-6-18/h3-4,7-13,18H,5-6,14H2,1-2H3,(H,27,29). The van der Waals surface area contributed by atoms with E-state index < -0.39 is 0 Å². The quantitative estimate of drug-likeness (QED) is 0.448. The van der Waals surface area contributed by atoms with Crippen LogP contribution in [0.3, 0.4) is 0 Å². The van der Waals surface area contributed by atoms with E-state index in [1.807, 2.05) is 56.3 Å². The van der Waals surface area contributed by atoms with Gasteiger partial charge in [-0.15, -0.1) is 0 Å². The second-order valence-electron chi connectivity index (χ2n) is 8.05. The lowest BCUT2D eigenvalue weighted by atomic mass is 10.0. The second-order valence-corrected chi connectivity index (χ2v) is 8.05. The van der Waals surface area contributed by atoms with Crippen molar-refractivity contribution in [1.82, 2.24) is 9.97 Å². The number of fused-ring (bicyclic) bond motifs is 1. The summed E-state index contributed by atoms with van der Waals surface area (Å²) in [5, 5.41) is 2.97. The summed E-state index contributed by atoms with van der Waals surface area (Å²) in [5.41, 5.74) is 5.62. The molecule has 2 heterocycles. The Kier molecular flexibility index (Phi) is 4.90. The summed E-state index contributed by atoms with van der Waals surface area (Å²) >= 11 is 0. The minimum Gasteiger partial charge on any atom is -0.488 e. The van der Waals surface area contributed by atoms with Crippen LogP contribution in [-0.4, -0.2) is 15.9 Å². The van der Waals surface area contributed by atoms with Crippen LogP contribution in [0.4, 0.5) is 5.69 Å². The molecule has 2 aromatic carbocycles. The first-order valence-corrected chi connectivity index (χ1v) is 10.4. The van der Waals surface area contributed by atoms with Gasteiger partial charge in [-0.1, -0.05) is 6.07 Å². The molecule has 1 amide bonds. The fourth-order valence-electron chi connectivity index (χ4n) is 3.68. The van der Waals surface area contributed by atoms with Crippen molar-refractivity contribution in [3.8, 4) is 5.75 Å². The number of pyridine rings is 1. The highest BCUT2D eigenvalue weighted by Crippen LogP contribution is 2.40. The molecule has 2 aromatic heterocycles. The summed E-state index contributed by atoms with van der Waals surface area (Å²) in [6.07, 6.45) is 5.79. The zero-order valence-corrected chi connectivity index (χ0v) is 17.5. The molecule has 4 aromatic rings. The summed E-state index contributed by atoms with van der Waals surface area (Å²) in [4.78, 5) is 21.5. The van der Waals surface area contributed by atoms with Crippen LogP contribution in [0.1, 0.15) is 51.7 Å². The molecule has 1 N–H and O–H groups in total.